The molecule has 0 radical (unpaired) electrons. The monoisotopic (exact) mass is 254 g/mol. The lowest BCUT2D eigenvalue weighted by atomic mass is 10.1. The average molecular weight is 254 g/mol. The summed E-state index contributed by atoms with van der Waals surface area (Å²) < 4.78 is 6.88. The van der Waals surface area contributed by atoms with Gasteiger partial charge in [-0.05, 0) is 5.56 Å². The Hall–Kier alpha value is -2.56. The highest BCUT2D eigenvalue weighted by Gasteiger charge is 2.05. The first-order valence-electron chi connectivity index (χ1n) is 6.00. The first kappa shape index (κ1) is 11.5. The number of rotatable bonds is 3. The number of aromatic nitrogens is 3. The molecule has 3 aromatic rings. The summed E-state index contributed by atoms with van der Waals surface area (Å²) in [5.41, 5.74) is 8.46. The summed E-state index contributed by atoms with van der Waals surface area (Å²) in [4.78, 5) is 4.31. The molecule has 0 spiro atoms. The molecule has 0 bridgehead atoms. The molecule has 0 aliphatic rings. The van der Waals surface area contributed by atoms with Crippen LogP contribution in [0.15, 0.2) is 47.2 Å². The molecule has 0 aliphatic carbocycles. The number of nitrogens with zero attached hydrogens (tertiary/aromatic N) is 3. The van der Waals surface area contributed by atoms with Gasteiger partial charge in [0.05, 0.1) is 0 Å². The van der Waals surface area contributed by atoms with Crippen LogP contribution in [0.4, 0.5) is 5.88 Å². The molecule has 96 valence electrons. The molecule has 5 nitrogen and oxygen atoms in total. The van der Waals surface area contributed by atoms with Crippen molar-refractivity contribution in [2.24, 2.45) is 7.05 Å². The van der Waals surface area contributed by atoms with E-state index >= 15 is 0 Å². The van der Waals surface area contributed by atoms with Gasteiger partial charge in [0, 0.05) is 37.5 Å². The van der Waals surface area contributed by atoms with Crippen molar-refractivity contribution >= 4 is 5.88 Å². The van der Waals surface area contributed by atoms with E-state index in [-0.39, 0.29) is 0 Å². The summed E-state index contributed by atoms with van der Waals surface area (Å²) in [6.45, 7) is 0. The minimum Gasteiger partial charge on any atom is -0.368 e. The normalized spacial score (nSPS) is 10.8. The lowest BCUT2D eigenvalue weighted by molar-refractivity contribution is 0.439. The molecule has 0 unspecified atom stereocenters. The molecule has 0 amide bonds. The second-order valence-corrected chi connectivity index (χ2v) is 4.44. The molecule has 3 rings (SSSR count). The molecule has 0 fully saturated rings. The van der Waals surface area contributed by atoms with Gasteiger partial charge in [-0.3, -0.25) is 0 Å². The molecule has 2 aromatic heterocycles. The zero-order valence-corrected chi connectivity index (χ0v) is 10.6. The number of anilines is 1. The smallest absolute Gasteiger partial charge is 0.222 e. The van der Waals surface area contributed by atoms with Crippen LogP contribution in [0.25, 0.3) is 11.3 Å². The number of nitrogens with two attached hydrogens (primary N) is 1. The highest BCUT2D eigenvalue weighted by Crippen LogP contribution is 2.21. The van der Waals surface area contributed by atoms with Gasteiger partial charge in [0.2, 0.25) is 5.88 Å². The van der Waals surface area contributed by atoms with Crippen LogP contribution < -0.4 is 5.73 Å². The largest absolute Gasteiger partial charge is 0.368 e. The van der Waals surface area contributed by atoms with Gasteiger partial charge in [0.1, 0.15) is 11.5 Å². The van der Waals surface area contributed by atoms with Crippen molar-refractivity contribution in [3.63, 3.8) is 0 Å². The molecule has 2 N–H and O–H groups in total. The fourth-order valence-corrected chi connectivity index (χ4v) is 1.97. The second kappa shape index (κ2) is 4.61. The quantitative estimate of drug-likeness (QED) is 0.778. The zero-order chi connectivity index (χ0) is 13.2. The summed E-state index contributed by atoms with van der Waals surface area (Å²) in [5, 5.41) is 3.89. The van der Waals surface area contributed by atoms with Crippen LogP contribution >= 0.6 is 0 Å². The van der Waals surface area contributed by atoms with E-state index in [0.29, 0.717) is 5.88 Å². The Morgan fingerprint density at radius 2 is 2.05 bits per heavy atom. The standard InChI is InChI=1S/C14H14N4O/c1-18-7-6-16-14(18)8-10-2-4-11(5-3-10)12-9-13(15)19-17-12/h2-7,9H,8,15H2,1H3. The molecule has 0 aliphatic heterocycles. The van der Waals surface area contributed by atoms with Crippen molar-refractivity contribution in [3.05, 3.63) is 54.1 Å². The minimum atomic E-state index is 0.326. The van der Waals surface area contributed by atoms with E-state index < -0.39 is 0 Å². The molecule has 2 heterocycles. The van der Waals surface area contributed by atoms with E-state index in [1.807, 2.05) is 36.1 Å². The maximum absolute atomic E-state index is 5.51. The third-order valence-electron chi connectivity index (χ3n) is 3.06. The fraction of sp³-hybridized carbons (Fsp3) is 0.143. The Balaban J connectivity index is 1.81. The van der Waals surface area contributed by atoms with Crippen molar-refractivity contribution in [2.45, 2.75) is 6.42 Å². The van der Waals surface area contributed by atoms with Gasteiger partial charge in [-0.15, -0.1) is 0 Å². The number of hydrogen-bond acceptors (Lipinski definition) is 4. The molecular formula is C14H14N4O. The third kappa shape index (κ3) is 2.35. The average Bonchev–Trinajstić information content (AvgIpc) is 3.00. The predicted molar refractivity (Wildman–Crippen MR) is 72.4 cm³/mol. The van der Waals surface area contributed by atoms with Crippen molar-refractivity contribution in [3.8, 4) is 11.3 Å². The van der Waals surface area contributed by atoms with E-state index in [0.717, 1.165) is 23.5 Å². The molecule has 1 aromatic carbocycles. The fourth-order valence-electron chi connectivity index (χ4n) is 1.97. The van der Waals surface area contributed by atoms with Crippen LogP contribution in [0, 0.1) is 0 Å². The zero-order valence-electron chi connectivity index (χ0n) is 10.6. The summed E-state index contributed by atoms with van der Waals surface area (Å²) in [6.07, 6.45) is 4.56. The molecule has 0 saturated heterocycles. The molecule has 5 heteroatoms. The van der Waals surface area contributed by atoms with Gasteiger partial charge in [-0.1, -0.05) is 29.4 Å². The van der Waals surface area contributed by atoms with Gasteiger partial charge < -0.3 is 14.8 Å². The first-order valence-corrected chi connectivity index (χ1v) is 6.00. The van der Waals surface area contributed by atoms with Gasteiger partial charge in [-0.2, -0.15) is 0 Å². The van der Waals surface area contributed by atoms with Crippen LogP contribution in [0.3, 0.4) is 0 Å². The highest BCUT2D eigenvalue weighted by atomic mass is 16.5. The lowest BCUT2D eigenvalue weighted by Crippen LogP contribution is -1.98. The van der Waals surface area contributed by atoms with Crippen LogP contribution in [-0.2, 0) is 13.5 Å². The van der Waals surface area contributed by atoms with E-state index in [2.05, 4.69) is 22.3 Å². The Labute approximate surface area is 110 Å². The lowest BCUT2D eigenvalue weighted by Gasteiger charge is -2.03. The van der Waals surface area contributed by atoms with E-state index in [9.17, 15) is 0 Å². The topological polar surface area (TPSA) is 69.9 Å². The van der Waals surface area contributed by atoms with Crippen LogP contribution in [0.5, 0.6) is 0 Å². The Morgan fingerprint density at radius 3 is 2.63 bits per heavy atom. The summed E-state index contributed by atoms with van der Waals surface area (Å²) in [7, 11) is 1.99. The second-order valence-electron chi connectivity index (χ2n) is 4.44. The van der Waals surface area contributed by atoms with Crippen molar-refractivity contribution < 1.29 is 4.52 Å². The van der Waals surface area contributed by atoms with Crippen LogP contribution in [-0.4, -0.2) is 14.7 Å². The van der Waals surface area contributed by atoms with Crippen molar-refractivity contribution in [2.75, 3.05) is 5.73 Å². The number of benzene rings is 1. The molecule has 0 atom stereocenters. The SMILES string of the molecule is Cn1ccnc1Cc1ccc(-c2cc(N)on2)cc1. The molecular weight excluding hydrogens is 240 g/mol. The van der Waals surface area contributed by atoms with Crippen LogP contribution in [0.1, 0.15) is 11.4 Å². The summed E-state index contributed by atoms with van der Waals surface area (Å²) in [5.74, 6) is 1.37. The van der Waals surface area contributed by atoms with Gasteiger partial charge in [-0.25, -0.2) is 4.98 Å². The summed E-state index contributed by atoms with van der Waals surface area (Å²) >= 11 is 0. The Morgan fingerprint density at radius 1 is 1.26 bits per heavy atom. The molecule has 0 saturated carbocycles. The minimum absolute atomic E-state index is 0.326. The van der Waals surface area contributed by atoms with E-state index in [1.165, 1.54) is 5.56 Å². The maximum atomic E-state index is 5.51. The highest BCUT2D eigenvalue weighted by molar-refractivity contribution is 5.61. The van der Waals surface area contributed by atoms with Crippen molar-refractivity contribution in [1.29, 1.82) is 0 Å². The van der Waals surface area contributed by atoms with Gasteiger partial charge in [0.25, 0.3) is 0 Å². The van der Waals surface area contributed by atoms with E-state index in [4.69, 9.17) is 10.3 Å². The molecule has 19 heavy (non-hydrogen) atoms. The van der Waals surface area contributed by atoms with Gasteiger partial charge >= 0.3 is 0 Å². The maximum Gasteiger partial charge on any atom is 0.222 e. The van der Waals surface area contributed by atoms with Crippen LogP contribution in [0.2, 0.25) is 0 Å². The first-order chi connectivity index (χ1) is 9.22. The Bertz CT molecular complexity index is 682. The third-order valence-corrected chi connectivity index (χ3v) is 3.06. The van der Waals surface area contributed by atoms with E-state index in [1.54, 1.807) is 6.07 Å². The number of imidazole rings is 1. The number of nitrogen functional groups attached to an aromatic ring is 1. The number of hydrogen-bond donors (Lipinski definition) is 1. The predicted octanol–water partition coefficient (Wildman–Crippen LogP) is 2.25. The van der Waals surface area contributed by atoms with Gasteiger partial charge in [0.15, 0.2) is 0 Å². The number of aryl methyl sites for hydroxylation is 1. The Kier molecular flexibility index (Phi) is 2.79. The van der Waals surface area contributed by atoms with Crippen molar-refractivity contribution in [1.82, 2.24) is 14.7 Å². The summed E-state index contributed by atoms with van der Waals surface area (Å²) in [6, 6.07) is 9.86.